The fourth-order valence-electron chi connectivity index (χ4n) is 5.97. The molecule has 2 aromatic carbocycles. The zero-order valence-electron chi connectivity index (χ0n) is 28.0. The number of hydrazine groups is 1. The summed E-state index contributed by atoms with van der Waals surface area (Å²) in [6.45, 7) is 9.45. The van der Waals surface area contributed by atoms with Crippen LogP contribution in [0.5, 0.6) is 0 Å². The van der Waals surface area contributed by atoms with E-state index in [1.165, 1.54) is 35.4 Å². The lowest BCUT2D eigenvalue weighted by atomic mass is 9.58. The quantitative estimate of drug-likeness (QED) is 0.0385. The van der Waals surface area contributed by atoms with Crippen LogP contribution >= 0.6 is 0 Å². The van der Waals surface area contributed by atoms with Gasteiger partial charge in [-0.05, 0) is 62.1 Å². The molecule has 0 saturated carbocycles. The Bertz CT molecular complexity index is 1590. The Balaban J connectivity index is 0.000000613. The number of nitrogens with zero attached hydrogens (tertiary/aromatic N) is 2. The van der Waals surface area contributed by atoms with Crippen molar-refractivity contribution in [2.75, 3.05) is 0 Å². The molecule has 2 amide bonds. The van der Waals surface area contributed by atoms with Gasteiger partial charge in [0.1, 0.15) is 12.1 Å². The van der Waals surface area contributed by atoms with Crippen molar-refractivity contribution < 1.29 is 37.4 Å². The second-order valence-electron chi connectivity index (χ2n) is 12.7. The van der Waals surface area contributed by atoms with Gasteiger partial charge in [0, 0.05) is 17.8 Å². The minimum Gasteiger partial charge on any atom is -0.298 e. The van der Waals surface area contributed by atoms with E-state index in [4.69, 9.17) is 10.4 Å². The van der Waals surface area contributed by atoms with E-state index < -0.39 is 57.3 Å². The van der Waals surface area contributed by atoms with Gasteiger partial charge >= 0.3 is 0 Å². The number of nitrogens with two attached hydrogens (primary N) is 1. The molecule has 13 nitrogen and oxygen atoms in total. The molecule has 14 heteroatoms. The van der Waals surface area contributed by atoms with Crippen molar-refractivity contribution in [1.82, 2.24) is 20.5 Å². The molecule has 0 radical (unpaired) electrons. The third kappa shape index (κ3) is 11.5. The number of carbonyl (C=O) groups is 4. The summed E-state index contributed by atoms with van der Waals surface area (Å²) >= 11 is 0. The van der Waals surface area contributed by atoms with E-state index >= 15 is 0 Å². The molecule has 48 heavy (non-hydrogen) atoms. The highest BCUT2D eigenvalue weighted by Crippen LogP contribution is 2.46. The number of hydroxylamine groups is 1. The monoisotopic (exact) mass is 685 g/mol. The highest BCUT2D eigenvalue weighted by molar-refractivity contribution is 7.85. The number of imidazole rings is 1. The number of nitrogens with one attached hydrogen (secondary N) is 2. The summed E-state index contributed by atoms with van der Waals surface area (Å²) in [5.41, 5.74) is 4.29. The zero-order chi connectivity index (χ0) is 36.1. The number of hydrogen-bond acceptors (Lipinski definition) is 9. The Morgan fingerprint density at radius 2 is 1.58 bits per heavy atom. The molecule has 262 valence electrons. The Labute approximate surface area is 282 Å². The molecular formula is C34H47N5O8S. The van der Waals surface area contributed by atoms with Crippen LogP contribution < -0.4 is 16.7 Å². The van der Waals surface area contributed by atoms with E-state index in [0.717, 1.165) is 11.1 Å². The summed E-state index contributed by atoms with van der Waals surface area (Å²) in [5.74, 6) is 0.710. The van der Waals surface area contributed by atoms with Crippen LogP contribution in [-0.4, -0.2) is 51.2 Å². The Morgan fingerprint density at radius 1 is 0.958 bits per heavy atom. The third-order valence-corrected chi connectivity index (χ3v) is 8.92. The van der Waals surface area contributed by atoms with E-state index in [9.17, 15) is 32.8 Å². The molecule has 3 aromatic rings. The normalized spacial score (nSPS) is 13.9. The first kappa shape index (κ1) is 39.9. The lowest BCUT2D eigenvalue weighted by molar-refractivity contribution is -0.154. The van der Waals surface area contributed by atoms with Gasteiger partial charge in [0.2, 0.25) is 17.7 Å². The van der Waals surface area contributed by atoms with Crippen molar-refractivity contribution in [1.29, 1.82) is 0 Å². The summed E-state index contributed by atoms with van der Waals surface area (Å²) in [5, 5.41) is 9.79. The first-order valence-corrected chi connectivity index (χ1v) is 17.1. The second-order valence-corrected chi connectivity index (χ2v) is 14.1. The van der Waals surface area contributed by atoms with Gasteiger partial charge in [-0.3, -0.25) is 38.9 Å². The standard InChI is InChI=1S/C27H39N5O5.C7H8O3S/c1-18(2)14-21(25(35)30-28)24(26(36)31-37)27(16-19(3)4,11-10-20-8-6-5-7-9-20)22(33)15-23(34)32-13-12-29-17-32;1-6-2-4-7(5-3-6)11(8,9)10/h5-9,12-13,17-19,21,24,37H,10-11,14-16,28H2,1-4H3,(H,30,35)(H,31,36);2-5H,1H3,(H,8,9,10)/t21-,24-,27?;/m1./s1. The van der Waals surface area contributed by atoms with Crippen LogP contribution in [0.2, 0.25) is 0 Å². The largest absolute Gasteiger partial charge is 0.298 e. The smallest absolute Gasteiger partial charge is 0.294 e. The number of Topliss-reactive ketones (excluding diaryl/α,β-unsaturated/α-hetero) is 1. The Morgan fingerprint density at radius 3 is 2.06 bits per heavy atom. The first-order valence-electron chi connectivity index (χ1n) is 15.6. The number of amides is 2. The van der Waals surface area contributed by atoms with Gasteiger partial charge in [-0.1, -0.05) is 75.7 Å². The zero-order valence-corrected chi connectivity index (χ0v) is 28.8. The second kappa shape index (κ2) is 18.3. The van der Waals surface area contributed by atoms with Crippen LogP contribution in [0.1, 0.15) is 69.3 Å². The van der Waals surface area contributed by atoms with Crippen LogP contribution in [0.15, 0.2) is 78.2 Å². The van der Waals surface area contributed by atoms with E-state index in [-0.39, 0.29) is 36.0 Å². The van der Waals surface area contributed by atoms with Gasteiger partial charge in [0.15, 0.2) is 0 Å². The number of hydrogen-bond donors (Lipinski definition) is 5. The molecule has 0 aliphatic heterocycles. The summed E-state index contributed by atoms with van der Waals surface area (Å²) in [4.78, 5) is 57.4. The van der Waals surface area contributed by atoms with Crippen LogP contribution in [0.4, 0.5) is 0 Å². The molecule has 0 bridgehead atoms. The lowest BCUT2D eigenvalue weighted by Gasteiger charge is -2.43. The van der Waals surface area contributed by atoms with Crippen molar-refractivity contribution in [3.05, 3.63) is 84.4 Å². The van der Waals surface area contributed by atoms with Crippen molar-refractivity contribution in [3.8, 4) is 0 Å². The highest BCUT2D eigenvalue weighted by Gasteiger charge is 2.53. The van der Waals surface area contributed by atoms with Crippen LogP contribution in [0.3, 0.4) is 0 Å². The topological polar surface area (TPSA) is 211 Å². The number of carbonyl (C=O) groups excluding carboxylic acids is 4. The molecule has 3 rings (SSSR count). The van der Waals surface area contributed by atoms with E-state index in [2.05, 4.69) is 10.4 Å². The highest BCUT2D eigenvalue weighted by atomic mass is 32.2. The predicted octanol–water partition coefficient (Wildman–Crippen LogP) is 4.16. The molecule has 0 aliphatic carbocycles. The van der Waals surface area contributed by atoms with Gasteiger partial charge in [-0.15, -0.1) is 0 Å². The molecule has 0 saturated heterocycles. The van der Waals surface area contributed by atoms with Gasteiger partial charge in [0.05, 0.1) is 23.2 Å². The van der Waals surface area contributed by atoms with Crippen LogP contribution in [-0.2, 0) is 30.9 Å². The number of ketones is 1. The molecule has 0 fully saturated rings. The summed E-state index contributed by atoms with van der Waals surface area (Å²) in [6, 6.07) is 15.5. The van der Waals surface area contributed by atoms with Gasteiger partial charge in [-0.25, -0.2) is 16.3 Å². The minimum absolute atomic E-state index is 0.0233. The third-order valence-electron chi connectivity index (χ3n) is 8.05. The van der Waals surface area contributed by atoms with Crippen molar-refractivity contribution in [2.45, 2.75) is 71.6 Å². The fourth-order valence-corrected chi connectivity index (χ4v) is 6.45. The van der Waals surface area contributed by atoms with Crippen LogP contribution in [0, 0.1) is 36.0 Å². The molecule has 1 heterocycles. The molecule has 0 aliphatic rings. The number of aryl methyl sites for hydroxylation is 2. The lowest BCUT2D eigenvalue weighted by Crippen LogP contribution is -2.55. The average Bonchev–Trinajstić information content (AvgIpc) is 3.58. The molecule has 6 N–H and O–H groups in total. The minimum atomic E-state index is -4.02. The SMILES string of the molecule is CC(C)C[C@@H](C(=O)NN)[C@H](C(=O)NO)C(CCc1ccccc1)(CC(C)C)C(=O)CC(=O)n1ccnc1.Cc1ccc(S(=O)(=O)O)cc1. The van der Waals surface area contributed by atoms with Gasteiger partial charge in [0.25, 0.3) is 10.1 Å². The summed E-state index contributed by atoms with van der Waals surface area (Å²) < 4.78 is 30.8. The van der Waals surface area contributed by atoms with Gasteiger partial charge < -0.3 is 0 Å². The maximum Gasteiger partial charge on any atom is 0.294 e. The van der Waals surface area contributed by atoms with Crippen molar-refractivity contribution in [3.63, 3.8) is 0 Å². The fraction of sp³-hybridized carbons (Fsp3) is 0.441. The number of benzene rings is 2. The first-order chi connectivity index (χ1) is 22.5. The molecule has 1 unspecified atom stereocenters. The van der Waals surface area contributed by atoms with E-state index in [1.54, 1.807) is 17.6 Å². The molecule has 1 aromatic heterocycles. The number of rotatable bonds is 15. The average molecular weight is 686 g/mol. The van der Waals surface area contributed by atoms with E-state index in [0.29, 0.717) is 6.42 Å². The predicted molar refractivity (Wildman–Crippen MR) is 179 cm³/mol. The number of aromatic nitrogens is 2. The Hall–Kier alpha value is -4.24. The molecule has 0 spiro atoms. The molecular weight excluding hydrogens is 638 g/mol. The van der Waals surface area contributed by atoms with Crippen LogP contribution in [0.25, 0.3) is 0 Å². The maximum absolute atomic E-state index is 14.2. The Kier molecular flexibility index (Phi) is 15.3. The van der Waals surface area contributed by atoms with Crippen molar-refractivity contribution in [2.24, 2.45) is 34.9 Å². The van der Waals surface area contributed by atoms with Gasteiger partial charge in [-0.2, -0.15) is 8.42 Å². The summed E-state index contributed by atoms with van der Waals surface area (Å²) in [6.07, 6.45) is 4.78. The summed E-state index contributed by atoms with van der Waals surface area (Å²) in [7, 11) is -4.02. The molecule has 3 atom stereocenters. The van der Waals surface area contributed by atoms with E-state index in [1.807, 2.05) is 65.0 Å². The van der Waals surface area contributed by atoms with Crippen molar-refractivity contribution >= 4 is 33.6 Å². The maximum atomic E-state index is 14.2.